The van der Waals surface area contributed by atoms with Crippen molar-refractivity contribution in [2.45, 2.75) is 19.4 Å². The van der Waals surface area contributed by atoms with E-state index in [0.29, 0.717) is 6.42 Å². The van der Waals surface area contributed by atoms with E-state index in [4.69, 9.17) is 5.73 Å². The number of anilines is 1. The van der Waals surface area contributed by atoms with E-state index in [2.05, 4.69) is 10.3 Å². The highest BCUT2D eigenvalue weighted by molar-refractivity contribution is 7.98. The number of halogens is 2. The molecule has 146 valence electrons. The van der Waals surface area contributed by atoms with Crippen LogP contribution in [-0.2, 0) is 4.79 Å². The first-order valence-electron chi connectivity index (χ1n) is 8.18. The molecule has 27 heavy (non-hydrogen) atoms. The smallest absolute Gasteiger partial charge is 0.241 e. The van der Waals surface area contributed by atoms with Crippen LogP contribution < -0.4 is 11.1 Å². The number of nitrogens with one attached hydrogen (secondary N) is 1. The third-order valence-electron chi connectivity index (χ3n) is 4.10. The monoisotopic (exact) mass is 426 g/mol. The first-order valence-corrected chi connectivity index (χ1v) is 9.58. The lowest BCUT2D eigenvalue weighted by Gasteiger charge is -2.11. The number of aromatic nitrogens is 2. The van der Waals surface area contributed by atoms with E-state index in [1.807, 2.05) is 66.4 Å². The lowest BCUT2D eigenvalue weighted by molar-refractivity contribution is -0.117. The maximum atomic E-state index is 12.1. The van der Waals surface area contributed by atoms with Gasteiger partial charge in [-0.25, -0.2) is 4.98 Å². The number of nitrogens with two attached hydrogens (primary N) is 1. The molecule has 0 saturated heterocycles. The predicted molar refractivity (Wildman–Crippen MR) is 119 cm³/mol. The van der Waals surface area contributed by atoms with Crippen molar-refractivity contribution in [2.75, 3.05) is 17.3 Å². The number of amides is 1. The quantitative estimate of drug-likeness (QED) is 0.619. The van der Waals surface area contributed by atoms with Crippen LogP contribution in [0.5, 0.6) is 0 Å². The van der Waals surface area contributed by atoms with Crippen molar-refractivity contribution in [2.24, 2.45) is 5.73 Å². The summed E-state index contributed by atoms with van der Waals surface area (Å²) in [5.41, 5.74) is 10.6. The number of carbonyl (C=O) groups excluding carboxylic acids is 1. The van der Waals surface area contributed by atoms with Gasteiger partial charge in [0.05, 0.1) is 11.7 Å². The number of hydrogen-bond donors (Lipinski definition) is 2. The molecule has 1 atom stereocenters. The van der Waals surface area contributed by atoms with E-state index >= 15 is 0 Å². The summed E-state index contributed by atoms with van der Waals surface area (Å²) < 4.78 is 2.02. The number of fused-ring (bicyclic) bond motifs is 1. The van der Waals surface area contributed by atoms with Crippen LogP contribution in [0.4, 0.5) is 5.69 Å². The molecular formula is C19H24Cl2N4OS. The Hall–Kier alpha value is -1.73. The number of imidazole rings is 1. The zero-order valence-electron chi connectivity index (χ0n) is 15.2. The second-order valence-electron chi connectivity index (χ2n) is 6.00. The van der Waals surface area contributed by atoms with Gasteiger partial charge in [-0.2, -0.15) is 11.8 Å². The molecule has 0 spiro atoms. The van der Waals surface area contributed by atoms with Gasteiger partial charge in [-0.3, -0.25) is 4.79 Å². The summed E-state index contributed by atoms with van der Waals surface area (Å²) in [6, 6.07) is 11.3. The van der Waals surface area contributed by atoms with Crippen molar-refractivity contribution in [3.8, 4) is 11.3 Å². The Morgan fingerprint density at radius 1 is 1.26 bits per heavy atom. The number of aryl methyl sites for hydroxylation is 1. The minimum absolute atomic E-state index is 0. The highest BCUT2D eigenvalue weighted by atomic mass is 35.5. The Kier molecular flexibility index (Phi) is 9.12. The largest absolute Gasteiger partial charge is 0.325 e. The normalized spacial score (nSPS) is 11.4. The topological polar surface area (TPSA) is 72.4 Å². The van der Waals surface area contributed by atoms with Crippen molar-refractivity contribution >= 4 is 53.8 Å². The molecule has 3 rings (SSSR count). The van der Waals surface area contributed by atoms with Crippen LogP contribution in [0.15, 0.2) is 48.8 Å². The zero-order chi connectivity index (χ0) is 17.8. The summed E-state index contributed by atoms with van der Waals surface area (Å²) in [5, 5.41) is 2.87. The molecule has 0 saturated carbocycles. The molecule has 0 aliphatic rings. The fourth-order valence-corrected chi connectivity index (χ4v) is 3.12. The summed E-state index contributed by atoms with van der Waals surface area (Å²) in [5.74, 6) is 0.728. The Balaban J connectivity index is 0.00000182. The molecule has 0 bridgehead atoms. The van der Waals surface area contributed by atoms with Crippen molar-refractivity contribution in [1.82, 2.24) is 9.38 Å². The maximum absolute atomic E-state index is 12.1. The second kappa shape index (κ2) is 10.6. The van der Waals surface area contributed by atoms with Gasteiger partial charge in [0, 0.05) is 23.6 Å². The number of hydrogen-bond acceptors (Lipinski definition) is 4. The number of carbonyl (C=O) groups is 1. The zero-order valence-corrected chi connectivity index (χ0v) is 17.7. The van der Waals surface area contributed by atoms with E-state index < -0.39 is 6.04 Å². The van der Waals surface area contributed by atoms with Crippen molar-refractivity contribution in [3.05, 3.63) is 54.4 Å². The summed E-state index contributed by atoms with van der Waals surface area (Å²) in [6.07, 6.45) is 6.67. The molecule has 0 aliphatic carbocycles. The molecule has 3 aromatic rings. The summed E-state index contributed by atoms with van der Waals surface area (Å²) in [4.78, 5) is 16.8. The fraction of sp³-hybridized carbons (Fsp3) is 0.263. The van der Waals surface area contributed by atoms with Crippen LogP contribution in [-0.4, -0.2) is 33.3 Å². The van der Waals surface area contributed by atoms with Gasteiger partial charge in [-0.15, -0.1) is 24.8 Å². The molecule has 2 aromatic heterocycles. The SMILES string of the molecule is CSCC[C@H](N)C(=O)Nc1ccc(-c2cn3cccc(C)c3n2)cc1.Cl.Cl. The van der Waals surface area contributed by atoms with Crippen molar-refractivity contribution in [1.29, 1.82) is 0 Å². The summed E-state index contributed by atoms with van der Waals surface area (Å²) in [7, 11) is 0. The van der Waals surface area contributed by atoms with E-state index in [-0.39, 0.29) is 30.7 Å². The van der Waals surface area contributed by atoms with E-state index in [0.717, 1.165) is 33.9 Å². The van der Waals surface area contributed by atoms with Crippen LogP contribution in [0.3, 0.4) is 0 Å². The molecule has 1 aromatic carbocycles. The lowest BCUT2D eigenvalue weighted by Crippen LogP contribution is -2.36. The third kappa shape index (κ3) is 5.62. The number of rotatable bonds is 6. The van der Waals surface area contributed by atoms with Gasteiger partial charge in [0.25, 0.3) is 0 Å². The van der Waals surface area contributed by atoms with Gasteiger partial charge in [0.2, 0.25) is 5.91 Å². The number of thioether (sulfide) groups is 1. The molecule has 8 heteroatoms. The number of benzene rings is 1. The van der Waals surface area contributed by atoms with Crippen molar-refractivity contribution < 1.29 is 4.79 Å². The molecule has 0 radical (unpaired) electrons. The first-order chi connectivity index (χ1) is 12.1. The van der Waals surface area contributed by atoms with Crippen LogP contribution in [0, 0.1) is 6.92 Å². The Bertz CT molecular complexity index is 883. The molecule has 0 aliphatic heterocycles. The maximum Gasteiger partial charge on any atom is 0.241 e. The highest BCUT2D eigenvalue weighted by Crippen LogP contribution is 2.22. The van der Waals surface area contributed by atoms with Crippen LogP contribution in [0.25, 0.3) is 16.9 Å². The predicted octanol–water partition coefficient (Wildman–Crippen LogP) is 4.17. The van der Waals surface area contributed by atoms with Crippen molar-refractivity contribution in [3.63, 3.8) is 0 Å². The third-order valence-corrected chi connectivity index (χ3v) is 4.74. The number of nitrogens with zero attached hydrogens (tertiary/aromatic N) is 2. The molecule has 0 fully saturated rings. The summed E-state index contributed by atoms with van der Waals surface area (Å²) >= 11 is 1.69. The molecule has 1 amide bonds. The average Bonchev–Trinajstić information content (AvgIpc) is 3.06. The second-order valence-corrected chi connectivity index (χ2v) is 6.99. The van der Waals surface area contributed by atoms with Gasteiger partial charge in [0.15, 0.2) is 0 Å². The molecule has 2 heterocycles. The van der Waals surface area contributed by atoms with Crippen LogP contribution in [0.2, 0.25) is 0 Å². The first kappa shape index (κ1) is 23.3. The van der Waals surface area contributed by atoms with Gasteiger partial charge in [-0.05, 0) is 49.1 Å². The van der Waals surface area contributed by atoms with Gasteiger partial charge in [-0.1, -0.05) is 18.2 Å². The Labute approximate surface area is 175 Å². The van der Waals surface area contributed by atoms with Gasteiger partial charge < -0.3 is 15.5 Å². The molecular weight excluding hydrogens is 403 g/mol. The van der Waals surface area contributed by atoms with E-state index in [9.17, 15) is 4.79 Å². The molecule has 5 nitrogen and oxygen atoms in total. The fourth-order valence-electron chi connectivity index (χ4n) is 2.63. The van der Waals surface area contributed by atoms with Crippen LogP contribution >= 0.6 is 36.6 Å². The standard InChI is InChI=1S/C19H22N4OS.2ClH/c1-13-4-3-10-23-12-17(22-18(13)23)14-5-7-15(8-6-14)21-19(24)16(20)9-11-25-2;;/h3-8,10,12,16H,9,11,20H2,1-2H3,(H,21,24);2*1H/t16-;;/m0../s1. The Morgan fingerprint density at radius 3 is 2.59 bits per heavy atom. The van der Waals surface area contributed by atoms with Gasteiger partial charge in [0.1, 0.15) is 5.65 Å². The number of pyridine rings is 1. The van der Waals surface area contributed by atoms with E-state index in [1.54, 1.807) is 11.8 Å². The Morgan fingerprint density at radius 2 is 1.96 bits per heavy atom. The molecule has 3 N–H and O–H groups in total. The minimum atomic E-state index is -0.478. The van der Waals surface area contributed by atoms with Crippen LogP contribution in [0.1, 0.15) is 12.0 Å². The minimum Gasteiger partial charge on any atom is -0.325 e. The lowest BCUT2D eigenvalue weighted by atomic mass is 10.1. The van der Waals surface area contributed by atoms with Gasteiger partial charge >= 0.3 is 0 Å². The van der Waals surface area contributed by atoms with E-state index in [1.165, 1.54) is 0 Å². The molecule has 0 unspecified atom stereocenters. The highest BCUT2D eigenvalue weighted by Gasteiger charge is 2.13. The summed E-state index contributed by atoms with van der Waals surface area (Å²) in [6.45, 7) is 2.05. The average molecular weight is 427 g/mol.